The zero-order valence-corrected chi connectivity index (χ0v) is 15.7. The summed E-state index contributed by atoms with van der Waals surface area (Å²) < 4.78 is 40.2. The molecule has 8 nitrogen and oxygen atoms in total. The van der Waals surface area contributed by atoms with E-state index >= 15 is 0 Å². The highest BCUT2D eigenvalue weighted by atomic mass is 32.3. The predicted molar refractivity (Wildman–Crippen MR) is 86.1 cm³/mol. The number of carbonyl (C=O) groups is 1. The highest BCUT2D eigenvalue weighted by Gasteiger charge is 2.15. The maximum Gasteiger partial charge on any atom is 0.409 e. The van der Waals surface area contributed by atoms with Gasteiger partial charge < -0.3 is 23.2 Å². The van der Waals surface area contributed by atoms with E-state index in [0.29, 0.717) is 6.61 Å². The number of quaternary nitrogens is 1. The maximum absolute atomic E-state index is 11.9. The minimum atomic E-state index is -5.17. The topological polar surface area (TPSA) is 110 Å². The van der Waals surface area contributed by atoms with E-state index in [2.05, 4.69) is 35.0 Å². The van der Waals surface area contributed by atoms with Crippen LogP contribution in [-0.4, -0.2) is 80.4 Å². The van der Waals surface area contributed by atoms with Crippen molar-refractivity contribution in [3.63, 3.8) is 0 Å². The van der Waals surface area contributed by atoms with Crippen molar-refractivity contribution >= 4 is 16.5 Å². The summed E-state index contributed by atoms with van der Waals surface area (Å²) >= 11 is 0. The van der Waals surface area contributed by atoms with Crippen molar-refractivity contribution in [1.29, 1.82) is 0 Å². The molecule has 0 rings (SSSR count). The fourth-order valence-electron chi connectivity index (χ4n) is 1.49. The second kappa shape index (κ2) is 12.5. The second-order valence-corrected chi connectivity index (χ2v) is 7.05. The average molecular weight is 355 g/mol. The lowest BCUT2D eigenvalue weighted by molar-refractivity contribution is -0.870. The van der Waals surface area contributed by atoms with Crippen LogP contribution in [0.4, 0.5) is 4.79 Å². The molecule has 23 heavy (non-hydrogen) atoms. The number of amides is 1. The van der Waals surface area contributed by atoms with E-state index in [4.69, 9.17) is 22.3 Å². The molecule has 0 aliphatic carbocycles. The van der Waals surface area contributed by atoms with Crippen LogP contribution in [0, 0.1) is 0 Å². The van der Waals surface area contributed by atoms with Crippen LogP contribution in [0.15, 0.2) is 0 Å². The summed E-state index contributed by atoms with van der Waals surface area (Å²) in [6.45, 7) is 7.26. The average Bonchev–Trinajstić information content (AvgIpc) is 2.35. The highest BCUT2D eigenvalue weighted by molar-refractivity contribution is 7.79. The fourth-order valence-corrected chi connectivity index (χ4v) is 1.49. The van der Waals surface area contributed by atoms with Crippen molar-refractivity contribution in [3.05, 3.63) is 0 Å². The van der Waals surface area contributed by atoms with Gasteiger partial charge in [-0.05, 0) is 12.8 Å². The first-order chi connectivity index (χ1) is 10.4. The number of hydrogen-bond donors (Lipinski definition) is 0. The summed E-state index contributed by atoms with van der Waals surface area (Å²) in [6.07, 6.45) is 4.16. The number of ether oxygens (including phenoxy) is 1. The summed E-state index contributed by atoms with van der Waals surface area (Å²) in [6, 6.07) is 0. The quantitative estimate of drug-likeness (QED) is 0.351. The Morgan fingerprint density at radius 1 is 1.04 bits per heavy atom. The lowest BCUT2D eigenvalue weighted by Crippen LogP contribution is -2.40. The van der Waals surface area contributed by atoms with Crippen molar-refractivity contribution in [2.24, 2.45) is 0 Å². The Balaban J connectivity index is 0. The fraction of sp³-hybridized carbons (Fsp3) is 0.929. The zero-order chi connectivity index (χ0) is 18.5. The summed E-state index contributed by atoms with van der Waals surface area (Å²) in [5.74, 6) is 0. The van der Waals surface area contributed by atoms with E-state index in [1.165, 1.54) is 0 Å². The van der Waals surface area contributed by atoms with E-state index in [-0.39, 0.29) is 6.09 Å². The van der Waals surface area contributed by atoms with Crippen LogP contribution >= 0.6 is 0 Å². The third-order valence-electron chi connectivity index (χ3n) is 2.81. The maximum atomic E-state index is 11.9. The zero-order valence-electron chi connectivity index (χ0n) is 14.9. The molecule has 0 unspecified atom stereocenters. The molecule has 0 saturated carbocycles. The van der Waals surface area contributed by atoms with Gasteiger partial charge in [-0.15, -0.1) is 0 Å². The lowest BCUT2D eigenvalue weighted by Gasteiger charge is -2.25. The number of nitrogens with zero attached hydrogens (tertiary/aromatic N) is 2. The number of rotatable bonds is 9. The Morgan fingerprint density at radius 2 is 1.43 bits per heavy atom. The van der Waals surface area contributed by atoms with Gasteiger partial charge in [-0.25, -0.2) is 4.79 Å². The molecule has 0 atom stereocenters. The molecular formula is C14H31N2O6S-. The van der Waals surface area contributed by atoms with E-state index in [9.17, 15) is 4.79 Å². The third kappa shape index (κ3) is 23.5. The first kappa shape index (κ1) is 24.4. The van der Waals surface area contributed by atoms with Crippen molar-refractivity contribution in [2.75, 3.05) is 47.4 Å². The number of likely N-dealkylation sites (N-methyl/N-ethyl adjacent to an activating group) is 1. The molecule has 0 aromatic rings. The smallest absolute Gasteiger partial charge is 0.409 e. The Labute approximate surface area is 140 Å². The molecule has 0 fully saturated rings. The van der Waals surface area contributed by atoms with Gasteiger partial charge in [0.2, 0.25) is 0 Å². The van der Waals surface area contributed by atoms with Crippen LogP contribution < -0.4 is 0 Å². The first-order valence-electron chi connectivity index (χ1n) is 7.79. The molecule has 140 valence electrons. The van der Waals surface area contributed by atoms with E-state index in [1.807, 2.05) is 4.90 Å². The van der Waals surface area contributed by atoms with E-state index in [0.717, 1.165) is 49.8 Å². The largest absolute Gasteiger partial charge is 0.759 e. The molecule has 0 bridgehead atoms. The number of hydrogen-bond acceptors (Lipinski definition) is 6. The molecule has 0 spiro atoms. The van der Waals surface area contributed by atoms with Gasteiger partial charge in [0.25, 0.3) is 0 Å². The number of carbonyl (C=O) groups excluding carboxylic acids is 1. The van der Waals surface area contributed by atoms with Crippen LogP contribution in [0.2, 0.25) is 0 Å². The van der Waals surface area contributed by atoms with Gasteiger partial charge in [0.15, 0.2) is 0 Å². The first-order valence-corrected chi connectivity index (χ1v) is 9.13. The van der Waals surface area contributed by atoms with Crippen LogP contribution in [0.3, 0.4) is 0 Å². The second-order valence-electron chi connectivity index (χ2n) is 6.23. The molecular weight excluding hydrogens is 324 g/mol. The van der Waals surface area contributed by atoms with Gasteiger partial charge in [-0.1, -0.05) is 26.7 Å². The lowest BCUT2D eigenvalue weighted by atomic mass is 10.3. The summed E-state index contributed by atoms with van der Waals surface area (Å²) in [4.78, 5) is 13.8. The molecule has 1 amide bonds. The van der Waals surface area contributed by atoms with Gasteiger partial charge in [-0.2, -0.15) is 0 Å². The summed E-state index contributed by atoms with van der Waals surface area (Å²) in [5, 5.41) is 0. The van der Waals surface area contributed by atoms with Crippen molar-refractivity contribution < 1.29 is 31.5 Å². The molecule has 0 aromatic carbocycles. The summed E-state index contributed by atoms with van der Waals surface area (Å²) in [7, 11) is 1.12. The normalized spacial score (nSPS) is 11.4. The minimum Gasteiger partial charge on any atom is -0.759 e. The molecule has 0 aliphatic rings. The van der Waals surface area contributed by atoms with Gasteiger partial charge in [0, 0.05) is 23.5 Å². The molecule has 9 heteroatoms. The Morgan fingerprint density at radius 3 is 1.74 bits per heavy atom. The standard InChI is InChI=1S/C14H31N2O2.H2O4S/c1-6-8-10-15(11-9-7-2)14(17)18-13-12-16(3,4)5;1-5(2,3)4/h6-13H2,1-5H3;(H2,1,2,3,4)/q+1;/p-2. The van der Waals surface area contributed by atoms with Crippen molar-refractivity contribution in [3.8, 4) is 0 Å². The Kier molecular flexibility index (Phi) is 13.3. The molecule has 0 heterocycles. The molecule has 0 aromatic heterocycles. The minimum absolute atomic E-state index is 0.148. The molecule has 0 radical (unpaired) electrons. The predicted octanol–water partition coefficient (Wildman–Crippen LogP) is 1.39. The van der Waals surface area contributed by atoms with Gasteiger partial charge in [0.1, 0.15) is 13.2 Å². The SMILES string of the molecule is CCCCN(CCCC)C(=O)OCC[N+](C)(C)C.O=S(=O)([O-])[O-]. The molecule has 0 aliphatic heterocycles. The van der Waals surface area contributed by atoms with Crippen LogP contribution in [-0.2, 0) is 15.1 Å². The highest BCUT2D eigenvalue weighted by Crippen LogP contribution is 2.02. The monoisotopic (exact) mass is 355 g/mol. The molecule has 0 N–H and O–H groups in total. The van der Waals surface area contributed by atoms with Crippen molar-refractivity contribution in [1.82, 2.24) is 4.90 Å². The van der Waals surface area contributed by atoms with Gasteiger partial charge in [-0.3, -0.25) is 8.42 Å². The van der Waals surface area contributed by atoms with Gasteiger partial charge >= 0.3 is 6.09 Å². The third-order valence-corrected chi connectivity index (χ3v) is 2.81. The van der Waals surface area contributed by atoms with Crippen LogP contribution in [0.5, 0.6) is 0 Å². The van der Waals surface area contributed by atoms with E-state index in [1.54, 1.807) is 0 Å². The van der Waals surface area contributed by atoms with Crippen LogP contribution in [0.25, 0.3) is 0 Å². The Bertz CT molecular complexity index is 390. The summed E-state index contributed by atoms with van der Waals surface area (Å²) in [5.41, 5.74) is 0. The van der Waals surface area contributed by atoms with Crippen LogP contribution in [0.1, 0.15) is 39.5 Å². The van der Waals surface area contributed by atoms with Crippen molar-refractivity contribution in [2.45, 2.75) is 39.5 Å². The van der Waals surface area contributed by atoms with Gasteiger partial charge in [0.05, 0.1) is 21.1 Å². The number of unbranched alkanes of at least 4 members (excludes halogenated alkanes) is 2. The molecule has 0 saturated heterocycles. The Hall–Kier alpha value is -0.900. The van der Waals surface area contributed by atoms with E-state index < -0.39 is 10.4 Å².